The largest absolute Gasteiger partial charge is 0.394 e. The van der Waals surface area contributed by atoms with Crippen LogP contribution >= 0.6 is 0 Å². The molecule has 0 aromatic heterocycles. The van der Waals surface area contributed by atoms with E-state index in [2.05, 4.69) is 24.1 Å². The summed E-state index contributed by atoms with van der Waals surface area (Å²) in [5.74, 6) is 0. The van der Waals surface area contributed by atoms with Crippen molar-refractivity contribution in [2.24, 2.45) is 0 Å². The van der Waals surface area contributed by atoms with Crippen LogP contribution in [0.5, 0.6) is 0 Å². The predicted molar refractivity (Wildman–Crippen MR) is 77.4 cm³/mol. The van der Waals surface area contributed by atoms with Gasteiger partial charge in [0, 0.05) is 24.7 Å². The molecule has 19 heavy (non-hydrogen) atoms. The smallest absolute Gasteiger partial charge is 0.0730 e. The second kappa shape index (κ2) is 7.02. The first kappa shape index (κ1) is 15.2. The average Bonchev–Trinajstić information content (AvgIpc) is 2.92. The Labute approximate surface area is 117 Å². The van der Waals surface area contributed by atoms with Gasteiger partial charge >= 0.3 is 0 Å². The molecule has 0 bridgehead atoms. The third kappa shape index (κ3) is 3.91. The molecule has 0 aromatic carbocycles. The summed E-state index contributed by atoms with van der Waals surface area (Å²) in [7, 11) is 0. The van der Waals surface area contributed by atoms with Crippen LogP contribution in [0.15, 0.2) is 0 Å². The molecule has 1 aliphatic heterocycles. The maximum Gasteiger partial charge on any atom is 0.0730 e. The molecule has 112 valence electrons. The quantitative estimate of drug-likeness (QED) is 0.733. The van der Waals surface area contributed by atoms with Gasteiger partial charge in [-0.15, -0.1) is 0 Å². The molecule has 1 saturated heterocycles. The molecule has 1 saturated carbocycles. The lowest BCUT2D eigenvalue weighted by molar-refractivity contribution is -0.0583. The Kier molecular flexibility index (Phi) is 5.63. The fourth-order valence-electron chi connectivity index (χ4n) is 3.32. The van der Waals surface area contributed by atoms with Gasteiger partial charge in [-0.25, -0.2) is 0 Å². The Morgan fingerprint density at radius 1 is 1.42 bits per heavy atom. The first-order chi connectivity index (χ1) is 9.18. The van der Waals surface area contributed by atoms with E-state index in [0.29, 0.717) is 12.1 Å². The molecule has 1 aliphatic carbocycles. The van der Waals surface area contributed by atoms with Gasteiger partial charge < -0.3 is 15.2 Å². The number of nitrogens with zero attached hydrogens (tertiary/aromatic N) is 1. The molecule has 2 rings (SSSR count). The van der Waals surface area contributed by atoms with E-state index in [0.717, 1.165) is 39.1 Å². The van der Waals surface area contributed by atoms with Crippen molar-refractivity contribution in [3.8, 4) is 0 Å². The summed E-state index contributed by atoms with van der Waals surface area (Å²) in [6.07, 6.45) is 6.40. The van der Waals surface area contributed by atoms with Gasteiger partial charge in [0.1, 0.15) is 0 Å². The minimum atomic E-state index is -0.136. The van der Waals surface area contributed by atoms with Crippen LogP contribution in [-0.2, 0) is 4.74 Å². The Bertz CT molecular complexity index is 275. The van der Waals surface area contributed by atoms with Gasteiger partial charge in [-0.2, -0.15) is 0 Å². The van der Waals surface area contributed by atoms with Crippen molar-refractivity contribution in [2.45, 2.75) is 63.6 Å². The number of rotatable bonds is 7. The van der Waals surface area contributed by atoms with E-state index in [9.17, 15) is 5.11 Å². The van der Waals surface area contributed by atoms with Gasteiger partial charge in [0.25, 0.3) is 0 Å². The van der Waals surface area contributed by atoms with Crippen molar-refractivity contribution in [2.75, 3.05) is 32.8 Å². The van der Waals surface area contributed by atoms with E-state index in [1.807, 2.05) is 0 Å². The van der Waals surface area contributed by atoms with Crippen molar-refractivity contribution in [3.63, 3.8) is 0 Å². The van der Waals surface area contributed by atoms with Crippen molar-refractivity contribution < 1.29 is 9.84 Å². The SMILES string of the molecule is CCCNC(C)(CO)CCN1CCOC2CCCC21. The molecule has 0 amide bonds. The topological polar surface area (TPSA) is 44.7 Å². The molecule has 2 fully saturated rings. The summed E-state index contributed by atoms with van der Waals surface area (Å²) in [6, 6.07) is 0.628. The normalized spacial score (nSPS) is 31.1. The third-order valence-electron chi connectivity index (χ3n) is 4.70. The van der Waals surface area contributed by atoms with Crippen LogP contribution in [0.3, 0.4) is 0 Å². The van der Waals surface area contributed by atoms with E-state index >= 15 is 0 Å². The Morgan fingerprint density at radius 3 is 3.00 bits per heavy atom. The summed E-state index contributed by atoms with van der Waals surface area (Å²) >= 11 is 0. The zero-order chi connectivity index (χ0) is 13.7. The number of aliphatic hydroxyl groups is 1. The second-order valence-electron chi connectivity index (χ2n) is 6.34. The zero-order valence-corrected chi connectivity index (χ0v) is 12.5. The van der Waals surface area contributed by atoms with Gasteiger partial charge in [-0.05, 0) is 45.6 Å². The first-order valence-corrected chi connectivity index (χ1v) is 7.90. The highest BCUT2D eigenvalue weighted by Crippen LogP contribution is 2.30. The predicted octanol–water partition coefficient (Wildman–Crippen LogP) is 1.38. The van der Waals surface area contributed by atoms with Crippen molar-refractivity contribution in [3.05, 3.63) is 0 Å². The first-order valence-electron chi connectivity index (χ1n) is 7.90. The Balaban J connectivity index is 1.82. The highest BCUT2D eigenvalue weighted by Gasteiger charge is 2.36. The van der Waals surface area contributed by atoms with E-state index < -0.39 is 0 Å². The minimum absolute atomic E-state index is 0.136. The summed E-state index contributed by atoms with van der Waals surface area (Å²) in [5.41, 5.74) is -0.136. The van der Waals surface area contributed by atoms with E-state index in [4.69, 9.17) is 4.74 Å². The number of morpholine rings is 1. The highest BCUT2D eigenvalue weighted by atomic mass is 16.5. The molecule has 4 nitrogen and oxygen atoms in total. The van der Waals surface area contributed by atoms with Crippen molar-refractivity contribution in [1.29, 1.82) is 0 Å². The average molecular weight is 270 g/mol. The molecule has 3 unspecified atom stereocenters. The van der Waals surface area contributed by atoms with Crippen LogP contribution in [0.2, 0.25) is 0 Å². The lowest BCUT2D eigenvalue weighted by atomic mass is 9.97. The number of hydrogen-bond donors (Lipinski definition) is 2. The Hall–Kier alpha value is -0.160. The maximum atomic E-state index is 9.62. The van der Waals surface area contributed by atoms with Crippen molar-refractivity contribution >= 4 is 0 Å². The van der Waals surface area contributed by atoms with Gasteiger partial charge in [-0.3, -0.25) is 4.90 Å². The number of hydrogen-bond acceptors (Lipinski definition) is 4. The van der Waals surface area contributed by atoms with Crippen LogP contribution in [0.25, 0.3) is 0 Å². The highest BCUT2D eigenvalue weighted by molar-refractivity contribution is 4.91. The van der Waals surface area contributed by atoms with E-state index in [1.165, 1.54) is 19.3 Å². The van der Waals surface area contributed by atoms with Crippen molar-refractivity contribution in [1.82, 2.24) is 10.2 Å². The van der Waals surface area contributed by atoms with Crippen LogP contribution < -0.4 is 5.32 Å². The van der Waals surface area contributed by atoms with E-state index in [-0.39, 0.29) is 12.1 Å². The fraction of sp³-hybridized carbons (Fsp3) is 1.00. The number of nitrogens with one attached hydrogen (secondary N) is 1. The number of ether oxygens (including phenoxy) is 1. The molecule has 3 atom stereocenters. The fourth-order valence-corrected chi connectivity index (χ4v) is 3.32. The summed E-state index contributed by atoms with van der Waals surface area (Å²) < 4.78 is 5.85. The summed E-state index contributed by atoms with van der Waals surface area (Å²) in [5, 5.41) is 13.1. The second-order valence-corrected chi connectivity index (χ2v) is 6.34. The maximum absolute atomic E-state index is 9.62. The van der Waals surface area contributed by atoms with Gasteiger partial charge in [-0.1, -0.05) is 6.92 Å². The Morgan fingerprint density at radius 2 is 2.26 bits per heavy atom. The van der Waals surface area contributed by atoms with Crippen LogP contribution in [0, 0.1) is 0 Å². The van der Waals surface area contributed by atoms with E-state index in [1.54, 1.807) is 0 Å². The molecule has 0 aromatic rings. The van der Waals surface area contributed by atoms with Gasteiger partial charge in [0.2, 0.25) is 0 Å². The molecular formula is C15H30N2O2. The zero-order valence-electron chi connectivity index (χ0n) is 12.5. The standard InChI is InChI=1S/C15H30N2O2/c1-3-8-16-15(2,12-18)7-9-17-10-11-19-14-6-4-5-13(14)17/h13-14,16,18H,3-12H2,1-2H3. The number of fused-ring (bicyclic) bond motifs is 1. The molecule has 2 N–H and O–H groups in total. The summed E-state index contributed by atoms with van der Waals surface area (Å²) in [4.78, 5) is 2.59. The molecule has 2 aliphatic rings. The molecule has 0 spiro atoms. The van der Waals surface area contributed by atoms with Gasteiger partial charge in [0.15, 0.2) is 0 Å². The van der Waals surface area contributed by atoms with Gasteiger partial charge in [0.05, 0.1) is 19.3 Å². The van der Waals surface area contributed by atoms with Crippen LogP contribution in [-0.4, -0.2) is 60.5 Å². The van der Waals surface area contributed by atoms with Crippen LogP contribution in [0.4, 0.5) is 0 Å². The number of aliphatic hydroxyl groups excluding tert-OH is 1. The molecule has 1 heterocycles. The molecule has 0 radical (unpaired) electrons. The monoisotopic (exact) mass is 270 g/mol. The third-order valence-corrected chi connectivity index (χ3v) is 4.70. The molecular weight excluding hydrogens is 240 g/mol. The minimum Gasteiger partial charge on any atom is -0.394 e. The van der Waals surface area contributed by atoms with Crippen LogP contribution in [0.1, 0.15) is 46.0 Å². The lowest BCUT2D eigenvalue weighted by Crippen LogP contribution is -2.53. The lowest BCUT2D eigenvalue weighted by Gasteiger charge is -2.40. The molecule has 4 heteroatoms. The summed E-state index contributed by atoms with van der Waals surface area (Å²) in [6.45, 7) is 8.48.